The van der Waals surface area contributed by atoms with Gasteiger partial charge in [0.2, 0.25) is 0 Å². The highest BCUT2D eigenvalue weighted by Gasteiger charge is 2.43. The first-order valence-corrected chi connectivity index (χ1v) is 8.80. The summed E-state index contributed by atoms with van der Waals surface area (Å²) >= 11 is 0. The third-order valence-corrected chi connectivity index (χ3v) is 5.65. The molecular weight excluding hydrogens is 290 g/mol. The SMILES string of the molecule is O=C(O)C1(c2ccccc2)CCC(CCN2CCOCC2)CC1. The summed E-state index contributed by atoms with van der Waals surface area (Å²) in [7, 11) is 0. The lowest BCUT2D eigenvalue weighted by Crippen LogP contribution is -2.41. The van der Waals surface area contributed by atoms with E-state index < -0.39 is 11.4 Å². The van der Waals surface area contributed by atoms with E-state index in [4.69, 9.17) is 4.74 Å². The molecule has 0 atom stereocenters. The molecule has 1 N–H and O–H groups in total. The zero-order valence-corrected chi connectivity index (χ0v) is 13.7. The first-order valence-electron chi connectivity index (χ1n) is 8.80. The van der Waals surface area contributed by atoms with E-state index in [0.29, 0.717) is 5.92 Å². The van der Waals surface area contributed by atoms with Crippen LogP contribution in [-0.2, 0) is 14.9 Å². The van der Waals surface area contributed by atoms with Crippen molar-refractivity contribution in [3.05, 3.63) is 35.9 Å². The van der Waals surface area contributed by atoms with Crippen LogP contribution in [0.3, 0.4) is 0 Å². The molecule has 0 aromatic heterocycles. The van der Waals surface area contributed by atoms with E-state index in [0.717, 1.165) is 64.1 Å². The van der Waals surface area contributed by atoms with Crippen molar-refractivity contribution in [3.63, 3.8) is 0 Å². The number of carbonyl (C=O) groups is 1. The number of hydrogen-bond donors (Lipinski definition) is 1. The summed E-state index contributed by atoms with van der Waals surface area (Å²) in [6.45, 7) is 4.90. The van der Waals surface area contributed by atoms with E-state index in [1.807, 2.05) is 30.3 Å². The molecule has 2 fully saturated rings. The number of nitrogens with zero attached hydrogens (tertiary/aromatic N) is 1. The zero-order chi connectivity index (χ0) is 16.1. The topological polar surface area (TPSA) is 49.8 Å². The zero-order valence-electron chi connectivity index (χ0n) is 13.7. The minimum absolute atomic E-state index is 0.657. The molecule has 0 amide bonds. The van der Waals surface area contributed by atoms with Gasteiger partial charge in [0.1, 0.15) is 0 Å². The van der Waals surface area contributed by atoms with Gasteiger partial charge in [-0.25, -0.2) is 0 Å². The van der Waals surface area contributed by atoms with Gasteiger partial charge in [0.25, 0.3) is 0 Å². The predicted molar refractivity (Wildman–Crippen MR) is 89.6 cm³/mol. The number of morpholine rings is 1. The lowest BCUT2D eigenvalue weighted by atomic mass is 9.66. The van der Waals surface area contributed by atoms with Crippen LogP contribution in [0.5, 0.6) is 0 Å². The van der Waals surface area contributed by atoms with Gasteiger partial charge in [-0.2, -0.15) is 0 Å². The van der Waals surface area contributed by atoms with Gasteiger partial charge in [0, 0.05) is 13.1 Å². The van der Waals surface area contributed by atoms with Crippen LogP contribution in [-0.4, -0.2) is 48.8 Å². The number of carboxylic acid groups (broad SMARTS) is 1. The Bertz CT molecular complexity index is 503. The lowest BCUT2D eigenvalue weighted by molar-refractivity contribution is -0.145. The molecule has 1 saturated carbocycles. The maximum absolute atomic E-state index is 12.0. The van der Waals surface area contributed by atoms with Gasteiger partial charge in [0.05, 0.1) is 18.6 Å². The Labute approximate surface area is 138 Å². The van der Waals surface area contributed by atoms with Crippen LogP contribution in [0.25, 0.3) is 0 Å². The highest BCUT2D eigenvalue weighted by Crippen LogP contribution is 2.42. The minimum Gasteiger partial charge on any atom is -0.481 e. The average Bonchev–Trinajstić information content (AvgIpc) is 2.62. The minimum atomic E-state index is -0.670. The summed E-state index contributed by atoms with van der Waals surface area (Å²) in [6.07, 6.45) is 4.75. The Hall–Kier alpha value is -1.39. The van der Waals surface area contributed by atoms with Crippen molar-refractivity contribution in [2.45, 2.75) is 37.5 Å². The molecule has 0 spiro atoms. The van der Waals surface area contributed by atoms with Crippen molar-refractivity contribution in [2.75, 3.05) is 32.8 Å². The van der Waals surface area contributed by atoms with Crippen molar-refractivity contribution < 1.29 is 14.6 Å². The predicted octanol–water partition coefficient (Wildman–Crippen LogP) is 2.92. The summed E-state index contributed by atoms with van der Waals surface area (Å²) in [4.78, 5) is 14.4. The highest BCUT2D eigenvalue weighted by atomic mass is 16.5. The third kappa shape index (κ3) is 3.75. The Kier molecular flexibility index (Phi) is 5.34. The van der Waals surface area contributed by atoms with Crippen LogP contribution < -0.4 is 0 Å². The molecule has 1 aliphatic carbocycles. The smallest absolute Gasteiger partial charge is 0.314 e. The summed E-state index contributed by atoms with van der Waals surface area (Å²) in [6, 6.07) is 9.80. The molecule has 0 bridgehead atoms. The van der Waals surface area contributed by atoms with Gasteiger partial charge in [-0.15, -0.1) is 0 Å². The van der Waals surface area contributed by atoms with Crippen LogP contribution in [0.15, 0.2) is 30.3 Å². The Morgan fingerprint density at radius 2 is 1.83 bits per heavy atom. The molecule has 126 valence electrons. The van der Waals surface area contributed by atoms with Crippen LogP contribution in [0.4, 0.5) is 0 Å². The molecule has 1 heterocycles. The molecule has 3 rings (SSSR count). The van der Waals surface area contributed by atoms with E-state index in [-0.39, 0.29) is 0 Å². The first kappa shape index (κ1) is 16.5. The number of hydrogen-bond acceptors (Lipinski definition) is 3. The fourth-order valence-electron chi connectivity index (χ4n) is 4.03. The van der Waals surface area contributed by atoms with Gasteiger partial charge in [-0.1, -0.05) is 30.3 Å². The van der Waals surface area contributed by atoms with Gasteiger partial charge < -0.3 is 9.84 Å². The van der Waals surface area contributed by atoms with E-state index >= 15 is 0 Å². The van der Waals surface area contributed by atoms with Gasteiger partial charge in [-0.3, -0.25) is 9.69 Å². The number of benzene rings is 1. The maximum Gasteiger partial charge on any atom is 0.314 e. The van der Waals surface area contributed by atoms with Crippen molar-refractivity contribution >= 4 is 5.97 Å². The molecule has 1 aromatic carbocycles. The molecule has 0 radical (unpaired) electrons. The second kappa shape index (κ2) is 7.45. The van der Waals surface area contributed by atoms with Crippen molar-refractivity contribution in [3.8, 4) is 0 Å². The van der Waals surface area contributed by atoms with E-state index in [9.17, 15) is 9.90 Å². The molecule has 1 saturated heterocycles. The maximum atomic E-state index is 12.0. The number of aliphatic carboxylic acids is 1. The quantitative estimate of drug-likeness (QED) is 0.907. The summed E-state index contributed by atoms with van der Waals surface area (Å²) < 4.78 is 5.39. The average molecular weight is 317 g/mol. The molecule has 0 unspecified atom stereocenters. The number of ether oxygens (including phenoxy) is 1. The normalized spacial score (nSPS) is 29.3. The Balaban J connectivity index is 1.56. The van der Waals surface area contributed by atoms with E-state index in [1.54, 1.807) is 0 Å². The summed E-state index contributed by atoms with van der Waals surface area (Å²) in [5, 5.41) is 9.84. The molecule has 4 nitrogen and oxygen atoms in total. The van der Waals surface area contributed by atoms with Crippen molar-refractivity contribution in [2.24, 2.45) is 5.92 Å². The van der Waals surface area contributed by atoms with Crippen LogP contribution in [0, 0.1) is 5.92 Å². The number of rotatable bonds is 5. The van der Waals surface area contributed by atoms with Gasteiger partial charge >= 0.3 is 5.97 Å². The monoisotopic (exact) mass is 317 g/mol. The summed E-state index contributed by atoms with van der Waals surface area (Å²) in [5.41, 5.74) is 0.301. The highest BCUT2D eigenvalue weighted by molar-refractivity contribution is 5.81. The fraction of sp³-hybridized carbons (Fsp3) is 0.632. The van der Waals surface area contributed by atoms with Crippen LogP contribution in [0.1, 0.15) is 37.7 Å². The Morgan fingerprint density at radius 1 is 1.17 bits per heavy atom. The van der Waals surface area contributed by atoms with Gasteiger partial charge in [0.15, 0.2) is 0 Å². The third-order valence-electron chi connectivity index (χ3n) is 5.65. The number of carboxylic acids is 1. The molecule has 4 heteroatoms. The fourth-order valence-corrected chi connectivity index (χ4v) is 4.03. The van der Waals surface area contributed by atoms with Crippen LogP contribution >= 0.6 is 0 Å². The first-order chi connectivity index (χ1) is 11.2. The van der Waals surface area contributed by atoms with E-state index in [1.165, 1.54) is 6.42 Å². The molecule has 1 aliphatic heterocycles. The van der Waals surface area contributed by atoms with E-state index in [2.05, 4.69) is 4.90 Å². The second-order valence-electron chi connectivity index (χ2n) is 6.94. The Morgan fingerprint density at radius 3 is 2.43 bits per heavy atom. The standard InChI is InChI=1S/C19H27NO3/c21-18(22)19(17-4-2-1-3-5-17)9-6-16(7-10-19)8-11-20-12-14-23-15-13-20/h1-5,16H,6-15H2,(H,21,22). The second-order valence-corrected chi connectivity index (χ2v) is 6.94. The van der Waals surface area contributed by atoms with Crippen LogP contribution in [0.2, 0.25) is 0 Å². The molecule has 1 aromatic rings. The largest absolute Gasteiger partial charge is 0.481 e. The molecule has 2 aliphatic rings. The van der Waals surface area contributed by atoms with Crippen molar-refractivity contribution in [1.82, 2.24) is 4.90 Å². The molecule has 23 heavy (non-hydrogen) atoms. The lowest BCUT2D eigenvalue weighted by Gasteiger charge is -2.38. The summed E-state index contributed by atoms with van der Waals surface area (Å²) in [5.74, 6) is 0.00404. The van der Waals surface area contributed by atoms with Gasteiger partial charge in [-0.05, 0) is 50.1 Å². The molecular formula is C19H27NO3. The van der Waals surface area contributed by atoms with Crippen molar-refractivity contribution in [1.29, 1.82) is 0 Å².